The molecule has 0 bridgehead atoms. The van der Waals surface area contributed by atoms with Gasteiger partial charge in [0.25, 0.3) is 0 Å². The fourth-order valence-electron chi connectivity index (χ4n) is 1.60. The van der Waals surface area contributed by atoms with Gasteiger partial charge >= 0.3 is 0 Å². The van der Waals surface area contributed by atoms with Crippen LogP contribution in [-0.4, -0.2) is 26.8 Å². The summed E-state index contributed by atoms with van der Waals surface area (Å²) < 4.78 is 31.6. The van der Waals surface area contributed by atoms with E-state index in [1.165, 1.54) is 18.2 Å². The zero-order valence-electron chi connectivity index (χ0n) is 9.59. The Morgan fingerprint density at radius 2 is 1.94 bits per heavy atom. The molecule has 16 heavy (non-hydrogen) atoms. The Labute approximate surface area is 94.6 Å². The van der Waals surface area contributed by atoms with Gasteiger partial charge in [0.2, 0.25) is 0 Å². The van der Waals surface area contributed by atoms with Gasteiger partial charge in [-0.15, -0.1) is 0 Å². The van der Waals surface area contributed by atoms with Gasteiger partial charge in [-0.1, -0.05) is 6.07 Å². The lowest BCUT2D eigenvalue weighted by atomic mass is 10.0. The molecule has 1 aromatic carbocycles. The van der Waals surface area contributed by atoms with Crippen LogP contribution in [0.25, 0.3) is 0 Å². The minimum Gasteiger partial charge on any atom is -0.383 e. The first-order valence-corrected chi connectivity index (χ1v) is 5.28. The second kappa shape index (κ2) is 6.55. The summed E-state index contributed by atoms with van der Waals surface area (Å²) in [5, 5.41) is 3.04. The van der Waals surface area contributed by atoms with Crippen molar-refractivity contribution in [2.45, 2.75) is 18.9 Å². The van der Waals surface area contributed by atoms with E-state index in [9.17, 15) is 8.78 Å². The number of methoxy groups -OCH3 is 1. The molecule has 2 nitrogen and oxygen atoms in total. The second-order valence-electron chi connectivity index (χ2n) is 3.68. The molecule has 0 heterocycles. The van der Waals surface area contributed by atoms with Crippen LogP contribution in [0.3, 0.4) is 0 Å². The molecule has 90 valence electrons. The average molecular weight is 229 g/mol. The van der Waals surface area contributed by atoms with Gasteiger partial charge in [-0.3, -0.25) is 0 Å². The zero-order chi connectivity index (χ0) is 12.0. The lowest BCUT2D eigenvalue weighted by Gasteiger charge is -2.15. The van der Waals surface area contributed by atoms with Crippen LogP contribution in [0, 0.1) is 11.6 Å². The van der Waals surface area contributed by atoms with E-state index in [0.717, 1.165) is 0 Å². The maximum Gasteiger partial charge on any atom is 0.129 e. The fraction of sp³-hybridized carbons (Fsp3) is 0.500. The molecule has 4 heteroatoms. The molecule has 1 atom stereocenters. The Morgan fingerprint density at radius 3 is 2.44 bits per heavy atom. The maximum absolute atomic E-state index is 13.3. The van der Waals surface area contributed by atoms with E-state index in [1.54, 1.807) is 14.2 Å². The lowest BCUT2D eigenvalue weighted by Crippen LogP contribution is -2.30. The molecule has 0 radical (unpaired) electrons. The van der Waals surface area contributed by atoms with Crippen molar-refractivity contribution in [1.29, 1.82) is 0 Å². The molecule has 0 aliphatic rings. The van der Waals surface area contributed by atoms with Crippen LogP contribution in [0.5, 0.6) is 0 Å². The van der Waals surface area contributed by atoms with Crippen molar-refractivity contribution in [1.82, 2.24) is 5.32 Å². The highest BCUT2D eigenvalue weighted by molar-refractivity contribution is 5.19. The van der Waals surface area contributed by atoms with Crippen LogP contribution in [0.1, 0.15) is 12.0 Å². The summed E-state index contributed by atoms with van der Waals surface area (Å²) >= 11 is 0. The number of likely N-dealkylation sites (N-methyl/N-ethyl adjacent to an activating group) is 1. The second-order valence-corrected chi connectivity index (χ2v) is 3.68. The molecule has 0 fully saturated rings. The third-order valence-electron chi connectivity index (χ3n) is 2.58. The number of halogens is 2. The fourth-order valence-corrected chi connectivity index (χ4v) is 1.60. The summed E-state index contributed by atoms with van der Waals surface area (Å²) in [5.74, 6) is -0.959. The maximum atomic E-state index is 13.3. The van der Waals surface area contributed by atoms with Crippen molar-refractivity contribution in [2.75, 3.05) is 20.8 Å². The first-order valence-electron chi connectivity index (χ1n) is 5.28. The van der Waals surface area contributed by atoms with Gasteiger partial charge in [-0.05, 0) is 32.0 Å². The van der Waals surface area contributed by atoms with E-state index >= 15 is 0 Å². The topological polar surface area (TPSA) is 21.3 Å². The predicted molar refractivity (Wildman–Crippen MR) is 59.4 cm³/mol. The monoisotopic (exact) mass is 229 g/mol. The molecule has 1 aromatic rings. The largest absolute Gasteiger partial charge is 0.383 e. The average Bonchev–Trinajstić information content (AvgIpc) is 2.27. The van der Waals surface area contributed by atoms with Gasteiger partial charge in [0.05, 0.1) is 6.61 Å². The Morgan fingerprint density at radius 1 is 1.31 bits per heavy atom. The van der Waals surface area contributed by atoms with E-state index in [1.807, 2.05) is 0 Å². The van der Waals surface area contributed by atoms with Gasteiger partial charge in [0, 0.05) is 18.7 Å². The molecule has 1 unspecified atom stereocenters. The normalized spacial score (nSPS) is 12.8. The first-order chi connectivity index (χ1) is 7.69. The van der Waals surface area contributed by atoms with Gasteiger partial charge in [0.1, 0.15) is 11.6 Å². The minimum absolute atomic E-state index is 0.115. The Hall–Kier alpha value is -1.00. The van der Waals surface area contributed by atoms with Crippen LogP contribution < -0.4 is 5.32 Å². The highest BCUT2D eigenvalue weighted by atomic mass is 19.1. The Kier molecular flexibility index (Phi) is 5.35. The van der Waals surface area contributed by atoms with Crippen molar-refractivity contribution in [3.8, 4) is 0 Å². The molecule has 1 rings (SSSR count). The molecule has 0 amide bonds. The summed E-state index contributed by atoms with van der Waals surface area (Å²) in [7, 11) is 3.41. The smallest absolute Gasteiger partial charge is 0.129 e. The van der Waals surface area contributed by atoms with E-state index < -0.39 is 11.6 Å². The molecular weight excluding hydrogens is 212 g/mol. The van der Waals surface area contributed by atoms with Crippen LogP contribution in [0.15, 0.2) is 18.2 Å². The van der Waals surface area contributed by atoms with E-state index in [4.69, 9.17) is 4.74 Å². The number of benzene rings is 1. The van der Waals surface area contributed by atoms with Crippen LogP contribution in [0.2, 0.25) is 0 Å². The summed E-state index contributed by atoms with van der Waals surface area (Å²) in [6, 6.07) is 4.05. The summed E-state index contributed by atoms with van der Waals surface area (Å²) in [5.41, 5.74) is 0.152. The quantitative estimate of drug-likeness (QED) is 0.807. The number of hydrogen-bond acceptors (Lipinski definition) is 2. The highest BCUT2D eigenvalue weighted by Gasteiger charge is 2.11. The third kappa shape index (κ3) is 3.54. The molecule has 0 aliphatic heterocycles. The summed E-state index contributed by atoms with van der Waals surface area (Å²) in [6.07, 6.45) is 1.01. The van der Waals surface area contributed by atoms with Gasteiger partial charge < -0.3 is 10.1 Å². The SMILES string of the molecule is CNC(CCc1c(F)cccc1F)COC. The zero-order valence-corrected chi connectivity index (χ0v) is 9.59. The highest BCUT2D eigenvalue weighted by Crippen LogP contribution is 2.14. The number of rotatable bonds is 6. The number of hydrogen-bond donors (Lipinski definition) is 1. The summed E-state index contributed by atoms with van der Waals surface area (Å²) in [4.78, 5) is 0. The van der Waals surface area contributed by atoms with Gasteiger partial charge in [-0.2, -0.15) is 0 Å². The Bertz CT molecular complexity index is 311. The third-order valence-corrected chi connectivity index (χ3v) is 2.58. The standard InChI is InChI=1S/C12H17F2NO/c1-15-9(8-16-2)6-7-10-11(13)4-3-5-12(10)14/h3-5,9,15H,6-8H2,1-2H3. The molecular formula is C12H17F2NO. The van der Waals surface area contributed by atoms with Crippen LogP contribution in [-0.2, 0) is 11.2 Å². The van der Waals surface area contributed by atoms with Crippen LogP contribution in [0.4, 0.5) is 8.78 Å². The first kappa shape index (κ1) is 13.1. The van der Waals surface area contributed by atoms with Gasteiger partial charge in [-0.25, -0.2) is 8.78 Å². The number of nitrogens with one attached hydrogen (secondary N) is 1. The van der Waals surface area contributed by atoms with Gasteiger partial charge in [0.15, 0.2) is 0 Å². The van der Waals surface area contributed by atoms with Crippen molar-refractivity contribution >= 4 is 0 Å². The minimum atomic E-state index is -0.479. The predicted octanol–water partition coefficient (Wildman–Crippen LogP) is 2.13. The Balaban J connectivity index is 2.59. The van der Waals surface area contributed by atoms with E-state index in [-0.39, 0.29) is 11.6 Å². The molecule has 0 aliphatic carbocycles. The van der Waals surface area contributed by atoms with Crippen molar-refractivity contribution in [2.24, 2.45) is 0 Å². The van der Waals surface area contributed by atoms with Crippen LogP contribution >= 0.6 is 0 Å². The van der Waals surface area contributed by atoms with Crippen molar-refractivity contribution < 1.29 is 13.5 Å². The lowest BCUT2D eigenvalue weighted by molar-refractivity contribution is 0.166. The summed E-state index contributed by atoms with van der Waals surface area (Å²) in [6.45, 7) is 0.534. The molecule has 0 saturated heterocycles. The molecule has 1 N–H and O–H groups in total. The van der Waals surface area contributed by atoms with Crippen molar-refractivity contribution in [3.63, 3.8) is 0 Å². The van der Waals surface area contributed by atoms with Crippen molar-refractivity contribution in [3.05, 3.63) is 35.4 Å². The van der Waals surface area contributed by atoms with E-state index in [0.29, 0.717) is 19.4 Å². The van der Waals surface area contributed by atoms with E-state index in [2.05, 4.69) is 5.32 Å². The molecule has 0 aromatic heterocycles. The number of ether oxygens (including phenoxy) is 1. The molecule has 0 saturated carbocycles. The molecule has 0 spiro atoms.